The normalized spacial score (nSPS) is 11.1. The molecule has 0 aliphatic heterocycles. The fourth-order valence-corrected chi connectivity index (χ4v) is 5.27. The number of alkyl halides is 3. The maximum absolute atomic E-state index is 13.9. The third-order valence-corrected chi connectivity index (χ3v) is 7.86. The van der Waals surface area contributed by atoms with Gasteiger partial charge in [0.05, 0.1) is 17.8 Å². The summed E-state index contributed by atoms with van der Waals surface area (Å²) in [6.45, 7) is 0.146. The summed E-state index contributed by atoms with van der Waals surface area (Å²) in [5.74, 6) is 0.000811. The van der Waals surface area contributed by atoms with Gasteiger partial charge in [0.15, 0.2) is 5.75 Å². The van der Waals surface area contributed by atoms with E-state index in [1.54, 1.807) is 42.5 Å². The van der Waals surface area contributed by atoms with Crippen LogP contribution in [-0.2, 0) is 35.4 Å². The summed E-state index contributed by atoms with van der Waals surface area (Å²) in [6, 6.07) is 34.2. The minimum atomic E-state index is -4.56. The molecule has 5 aromatic carbocycles. The Hall–Kier alpha value is -5.74. The Morgan fingerprint density at radius 3 is 2.14 bits per heavy atom. The number of nitrogens with two attached hydrogens (primary N) is 1. The first-order valence-corrected chi connectivity index (χ1v) is 15.6. The highest BCUT2D eigenvalue weighted by atomic mass is 19.4. The van der Waals surface area contributed by atoms with Crippen LogP contribution in [0.4, 0.5) is 18.9 Å². The molecule has 0 saturated carbocycles. The van der Waals surface area contributed by atoms with Crippen molar-refractivity contribution in [3.05, 3.63) is 149 Å². The lowest BCUT2D eigenvalue weighted by Crippen LogP contribution is -2.32. The molecule has 0 unspecified atom stereocenters. The van der Waals surface area contributed by atoms with Crippen LogP contribution in [0.2, 0.25) is 0 Å². The van der Waals surface area contributed by atoms with E-state index in [-0.39, 0.29) is 37.4 Å². The van der Waals surface area contributed by atoms with Crippen molar-refractivity contribution in [2.24, 2.45) is 5.73 Å². The van der Waals surface area contributed by atoms with Gasteiger partial charge in [-0.3, -0.25) is 14.4 Å². The van der Waals surface area contributed by atoms with Crippen LogP contribution >= 0.6 is 0 Å². The molecule has 0 aliphatic carbocycles. The third-order valence-electron chi connectivity index (χ3n) is 7.86. The van der Waals surface area contributed by atoms with Crippen molar-refractivity contribution < 1.29 is 32.3 Å². The molecule has 0 radical (unpaired) electrons. The van der Waals surface area contributed by atoms with Gasteiger partial charge in [0.2, 0.25) is 11.8 Å². The Bertz CT molecular complexity index is 1910. The maximum Gasteiger partial charge on any atom is 0.416 e. The lowest BCUT2D eigenvalue weighted by molar-refractivity contribution is -0.138. The van der Waals surface area contributed by atoms with Gasteiger partial charge in [-0.15, -0.1) is 0 Å². The van der Waals surface area contributed by atoms with Crippen LogP contribution in [0.25, 0.3) is 11.1 Å². The van der Waals surface area contributed by atoms with Crippen LogP contribution in [0.5, 0.6) is 11.5 Å². The number of carbonyl (C=O) groups is 3. The van der Waals surface area contributed by atoms with Gasteiger partial charge in [0.1, 0.15) is 12.0 Å². The number of ether oxygens (including phenoxy) is 1. The molecular weight excluding hydrogens is 631 g/mol. The van der Waals surface area contributed by atoms with Gasteiger partial charge in [-0.2, -0.15) is 13.2 Å². The van der Waals surface area contributed by atoms with Crippen LogP contribution in [-0.4, -0.2) is 18.1 Å². The molecule has 0 atom stereocenters. The number of rotatable bonds is 13. The molecule has 0 aromatic heterocycles. The summed E-state index contributed by atoms with van der Waals surface area (Å²) >= 11 is 0. The van der Waals surface area contributed by atoms with Crippen LogP contribution in [0.1, 0.15) is 45.5 Å². The maximum atomic E-state index is 13.9. The smallest absolute Gasteiger partial charge is 0.416 e. The van der Waals surface area contributed by atoms with Crippen molar-refractivity contribution >= 4 is 23.8 Å². The van der Waals surface area contributed by atoms with E-state index in [9.17, 15) is 27.6 Å². The van der Waals surface area contributed by atoms with Gasteiger partial charge < -0.3 is 20.7 Å². The molecule has 0 fully saturated rings. The summed E-state index contributed by atoms with van der Waals surface area (Å²) < 4.78 is 46.5. The molecule has 2 amide bonds. The topological polar surface area (TPSA) is 102 Å². The first-order chi connectivity index (χ1) is 23.6. The molecule has 250 valence electrons. The number of aldehydes is 1. The molecule has 0 saturated heterocycles. The first-order valence-electron chi connectivity index (χ1n) is 15.6. The zero-order chi connectivity index (χ0) is 34.8. The molecule has 7 nitrogen and oxygen atoms in total. The number of amides is 2. The van der Waals surface area contributed by atoms with Crippen molar-refractivity contribution in [1.82, 2.24) is 5.32 Å². The minimum Gasteiger partial charge on any atom is -0.455 e. The number of carbonyl (C=O) groups excluding carboxylic acids is 3. The van der Waals surface area contributed by atoms with Crippen LogP contribution < -0.4 is 20.7 Å². The van der Waals surface area contributed by atoms with Crippen molar-refractivity contribution in [2.75, 3.05) is 4.90 Å². The van der Waals surface area contributed by atoms with Crippen molar-refractivity contribution in [1.29, 1.82) is 0 Å². The molecule has 0 heterocycles. The number of nitrogens with zero attached hydrogens (tertiary/aromatic N) is 1. The van der Waals surface area contributed by atoms with E-state index in [4.69, 9.17) is 10.5 Å². The Labute approximate surface area is 282 Å². The number of anilines is 1. The van der Waals surface area contributed by atoms with E-state index >= 15 is 0 Å². The molecule has 0 spiro atoms. The van der Waals surface area contributed by atoms with E-state index in [2.05, 4.69) is 5.32 Å². The lowest BCUT2D eigenvalue weighted by Gasteiger charge is -2.25. The molecule has 10 heteroatoms. The fourth-order valence-electron chi connectivity index (χ4n) is 5.27. The molecule has 5 aromatic rings. The van der Waals surface area contributed by atoms with E-state index in [1.807, 2.05) is 54.6 Å². The Morgan fingerprint density at radius 2 is 1.45 bits per heavy atom. The highest BCUT2D eigenvalue weighted by molar-refractivity contribution is 5.96. The second kappa shape index (κ2) is 15.9. The minimum absolute atomic E-state index is 0.0655. The summed E-state index contributed by atoms with van der Waals surface area (Å²) in [5, 5.41) is 2.52. The molecule has 0 aliphatic rings. The molecule has 3 N–H and O–H groups in total. The monoisotopic (exact) mass is 665 g/mol. The van der Waals surface area contributed by atoms with Gasteiger partial charge in [-0.1, -0.05) is 91.0 Å². The van der Waals surface area contributed by atoms with Crippen LogP contribution in [0.15, 0.2) is 121 Å². The average Bonchev–Trinajstić information content (AvgIpc) is 3.12. The highest BCUT2D eigenvalue weighted by Crippen LogP contribution is 2.35. The van der Waals surface area contributed by atoms with Gasteiger partial charge >= 0.3 is 6.18 Å². The van der Waals surface area contributed by atoms with Crippen molar-refractivity contribution in [3.63, 3.8) is 0 Å². The SMILES string of the molecule is NCc1cccc(Oc2ccccc2N(Cc2ccc(-c3ccc(C=O)cc3)cc2)C(=O)CCC(=O)NCc2ccccc2C(F)(F)F)c1. The second-order valence-electron chi connectivity index (χ2n) is 11.3. The van der Waals surface area contributed by atoms with E-state index in [1.165, 1.54) is 23.1 Å². The van der Waals surface area contributed by atoms with E-state index in [0.29, 0.717) is 29.3 Å². The number of para-hydroxylation sites is 2. The van der Waals surface area contributed by atoms with E-state index < -0.39 is 17.6 Å². The van der Waals surface area contributed by atoms with Gasteiger partial charge in [0, 0.05) is 31.5 Å². The third kappa shape index (κ3) is 9.21. The summed E-state index contributed by atoms with van der Waals surface area (Å²) in [4.78, 5) is 39.2. The number of benzene rings is 5. The van der Waals surface area contributed by atoms with Gasteiger partial charge in [0.25, 0.3) is 0 Å². The summed E-state index contributed by atoms with van der Waals surface area (Å²) in [7, 11) is 0. The standard InChI is InChI=1S/C39H34F3N3O4/c40-39(41,42)34-9-2-1-7-32(34)24-44-37(47)20-21-38(48)45(25-27-12-16-30(17-13-27)31-18-14-28(26-46)15-19-31)35-10-3-4-11-36(35)49-33-8-5-6-29(22-33)23-43/h1-19,22,26H,20-21,23-25,43H2,(H,44,47). The number of hydrogen-bond acceptors (Lipinski definition) is 5. The Morgan fingerprint density at radius 1 is 0.776 bits per heavy atom. The largest absolute Gasteiger partial charge is 0.455 e. The predicted molar refractivity (Wildman–Crippen MR) is 182 cm³/mol. The first kappa shape index (κ1) is 34.6. The predicted octanol–water partition coefficient (Wildman–Crippen LogP) is 8.07. The Balaban J connectivity index is 1.36. The lowest BCUT2D eigenvalue weighted by atomic mass is 10.0. The Kier molecular flexibility index (Phi) is 11.2. The highest BCUT2D eigenvalue weighted by Gasteiger charge is 2.33. The van der Waals surface area contributed by atoms with Gasteiger partial charge in [-0.05, 0) is 58.1 Å². The quantitative estimate of drug-likeness (QED) is 0.124. The number of hydrogen-bond donors (Lipinski definition) is 2. The van der Waals surface area contributed by atoms with Crippen molar-refractivity contribution in [2.45, 2.75) is 38.7 Å². The van der Waals surface area contributed by atoms with Crippen molar-refractivity contribution in [3.8, 4) is 22.6 Å². The zero-order valence-corrected chi connectivity index (χ0v) is 26.5. The number of nitrogens with one attached hydrogen (secondary N) is 1. The molecule has 49 heavy (non-hydrogen) atoms. The van der Waals surface area contributed by atoms with Crippen LogP contribution in [0.3, 0.4) is 0 Å². The zero-order valence-electron chi connectivity index (χ0n) is 26.5. The van der Waals surface area contributed by atoms with Gasteiger partial charge in [-0.25, -0.2) is 0 Å². The molecule has 5 rings (SSSR count). The second-order valence-corrected chi connectivity index (χ2v) is 11.3. The average molecular weight is 666 g/mol. The molecular formula is C39H34F3N3O4. The summed E-state index contributed by atoms with van der Waals surface area (Å²) in [5.41, 5.74) is 9.48. The fraction of sp³-hybridized carbons (Fsp3) is 0.154. The summed E-state index contributed by atoms with van der Waals surface area (Å²) in [6.07, 6.45) is -4.21. The van der Waals surface area contributed by atoms with E-state index in [0.717, 1.165) is 34.6 Å². The molecule has 0 bridgehead atoms. The number of halogens is 3. The van der Waals surface area contributed by atoms with Crippen LogP contribution in [0, 0.1) is 0 Å².